The highest BCUT2D eigenvalue weighted by atomic mass is 32.2. The van der Waals surface area contributed by atoms with E-state index in [0.29, 0.717) is 11.3 Å². The van der Waals surface area contributed by atoms with Crippen molar-refractivity contribution in [3.05, 3.63) is 84.2 Å². The molecule has 9 heteroatoms. The van der Waals surface area contributed by atoms with Gasteiger partial charge in [-0.25, -0.2) is 21.6 Å². The molecule has 2 aromatic carbocycles. The molecule has 0 amide bonds. The van der Waals surface area contributed by atoms with Gasteiger partial charge in [0.2, 0.25) is 10.0 Å². The quantitative estimate of drug-likeness (QED) is 0.587. The molecule has 0 spiro atoms. The summed E-state index contributed by atoms with van der Waals surface area (Å²) < 4.78 is 57.2. The van der Waals surface area contributed by atoms with Crippen LogP contribution in [0.25, 0.3) is 0 Å². The topological polar surface area (TPSA) is 102 Å². The Bertz CT molecular complexity index is 1190. The molecule has 1 heterocycles. The predicted molar refractivity (Wildman–Crippen MR) is 109 cm³/mol. The maximum Gasteiger partial charge on any atom is 0.242 e. The second-order valence-corrected chi connectivity index (χ2v) is 10.0. The van der Waals surface area contributed by atoms with Gasteiger partial charge in [0, 0.05) is 19.0 Å². The van der Waals surface area contributed by atoms with Gasteiger partial charge in [-0.05, 0) is 42.0 Å². The van der Waals surface area contributed by atoms with Gasteiger partial charge in [-0.1, -0.05) is 30.3 Å². The fourth-order valence-corrected chi connectivity index (χ4v) is 5.27. The van der Waals surface area contributed by atoms with Crippen LogP contribution in [0.4, 0.5) is 0 Å². The van der Waals surface area contributed by atoms with E-state index in [-0.39, 0.29) is 22.9 Å². The summed E-state index contributed by atoms with van der Waals surface area (Å²) >= 11 is 0. The summed E-state index contributed by atoms with van der Waals surface area (Å²) in [6.45, 7) is 0.277. The zero-order valence-corrected chi connectivity index (χ0v) is 17.3. The van der Waals surface area contributed by atoms with Crippen molar-refractivity contribution in [2.75, 3.05) is 6.26 Å². The van der Waals surface area contributed by atoms with E-state index in [4.69, 9.17) is 4.74 Å². The standard InChI is InChI=1S/C20H20N2O5S2/c1-28(23,24)19-10-2-3-11-20(19)29(25,26)22-14-16-7-6-9-18(13-16)27-15-17-8-4-5-12-21-17/h2-13,22H,14-15H2,1H3. The lowest BCUT2D eigenvalue weighted by molar-refractivity contribution is 0.301. The number of sulfone groups is 1. The Balaban J connectivity index is 1.72. The summed E-state index contributed by atoms with van der Waals surface area (Å²) in [5.74, 6) is 0.573. The molecule has 1 aromatic heterocycles. The van der Waals surface area contributed by atoms with E-state index >= 15 is 0 Å². The second-order valence-electron chi connectivity index (χ2n) is 6.30. The van der Waals surface area contributed by atoms with Gasteiger partial charge in [-0.3, -0.25) is 4.98 Å². The summed E-state index contributed by atoms with van der Waals surface area (Å²) in [6, 6.07) is 18.0. The SMILES string of the molecule is CS(=O)(=O)c1ccccc1S(=O)(=O)NCc1cccc(OCc2ccccn2)c1. The van der Waals surface area contributed by atoms with Crippen LogP contribution in [0.15, 0.2) is 82.7 Å². The number of ether oxygens (including phenoxy) is 1. The van der Waals surface area contributed by atoms with E-state index < -0.39 is 19.9 Å². The van der Waals surface area contributed by atoms with Gasteiger partial charge in [0.1, 0.15) is 17.3 Å². The van der Waals surface area contributed by atoms with Crippen molar-refractivity contribution in [2.45, 2.75) is 22.9 Å². The molecule has 7 nitrogen and oxygen atoms in total. The number of rotatable bonds is 8. The van der Waals surface area contributed by atoms with Crippen molar-refractivity contribution in [3.8, 4) is 5.75 Å². The van der Waals surface area contributed by atoms with Gasteiger partial charge in [0.05, 0.1) is 10.6 Å². The highest BCUT2D eigenvalue weighted by Crippen LogP contribution is 2.21. The third kappa shape index (κ3) is 5.63. The van der Waals surface area contributed by atoms with E-state index in [9.17, 15) is 16.8 Å². The Morgan fingerprint density at radius 3 is 2.31 bits per heavy atom. The number of aromatic nitrogens is 1. The number of hydrogen-bond donors (Lipinski definition) is 1. The van der Waals surface area contributed by atoms with Gasteiger partial charge >= 0.3 is 0 Å². The minimum absolute atomic E-state index is 0.0127. The molecule has 0 aliphatic rings. The third-order valence-corrected chi connectivity index (χ3v) is 6.76. The minimum atomic E-state index is -4.02. The van der Waals surface area contributed by atoms with Crippen LogP contribution in [0, 0.1) is 0 Å². The van der Waals surface area contributed by atoms with Crippen LogP contribution in [0.1, 0.15) is 11.3 Å². The lowest BCUT2D eigenvalue weighted by Crippen LogP contribution is -2.25. The first-order chi connectivity index (χ1) is 13.8. The summed E-state index contributed by atoms with van der Waals surface area (Å²) in [5, 5.41) is 0. The average Bonchev–Trinajstić information content (AvgIpc) is 2.71. The molecule has 0 fully saturated rings. The van der Waals surface area contributed by atoms with Crippen LogP contribution < -0.4 is 9.46 Å². The number of benzene rings is 2. The highest BCUT2D eigenvalue weighted by molar-refractivity contribution is 7.93. The number of pyridine rings is 1. The predicted octanol–water partition coefficient (Wildman–Crippen LogP) is 2.54. The Kier molecular flexibility index (Phi) is 6.31. The molecule has 0 bridgehead atoms. The molecule has 0 atom stereocenters. The van der Waals surface area contributed by atoms with Crippen molar-refractivity contribution in [2.24, 2.45) is 0 Å². The van der Waals surface area contributed by atoms with Crippen molar-refractivity contribution in [3.63, 3.8) is 0 Å². The van der Waals surface area contributed by atoms with Gasteiger partial charge in [0.25, 0.3) is 0 Å². The molecular formula is C20H20N2O5S2. The molecule has 3 rings (SSSR count). The molecular weight excluding hydrogens is 412 g/mol. The zero-order valence-electron chi connectivity index (χ0n) is 15.6. The molecule has 152 valence electrons. The maximum atomic E-state index is 12.7. The minimum Gasteiger partial charge on any atom is -0.487 e. The van der Waals surface area contributed by atoms with Gasteiger partial charge in [-0.15, -0.1) is 0 Å². The smallest absolute Gasteiger partial charge is 0.242 e. The first kappa shape index (κ1) is 21.0. The van der Waals surface area contributed by atoms with Crippen LogP contribution in [0.2, 0.25) is 0 Å². The Hall–Kier alpha value is -2.75. The van der Waals surface area contributed by atoms with Crippen LogP contribution in [0.5, 0.6) is 5.75 Å². The van der Waals surface area contributed by atoms with E-state index in [1.165, 1.54) is 24.3 Å². The lowest BCUT2D eigenvalue weighted by atomic mass is 10.2. The maximum absolute atomic E-state index is 12.7. The highest BCUT2D eigenvalue weighted by Gasteiger charge is 2.23. The first-order valence-corrected chi connectivity index (χ1v) is 12.0. The summed E-state index contributed by atoms with van der Waals surface area (Å²) in [7, 11) is -7.71. The largest absolute Gasteiger partial charge is 0.487 e. The Morgan fingerprint density at radius 1 is 0.897 bits per heavy atom. The van der Waals surface area contributed by atoms with Crippen LogP contribution in [-0.4, -0.2) is 28.1 Å². The molecule has 0 aliphatic heterocycles. The third-order valence-electron chi connectivity index (χ3n) is 4.02. The van der Waals surface area contributed by atoms with Crippen molar-refractivity contribution >= 4 is 19.9 Å². The van der Waals surface area contributed by atoms with E-state index in [2.05, 4.69) is 9.71 Å². The summed E-state index contributed by atoms with van der Waals surface area (Å²) in [5.41, 5.74) is 1.44. The van der Waals surface area contributed by atoms with Crippen LogP contribution in [-0.2, 0) is 33.0 Å². The van der Waals surface area contributed by atoms with Crippen LogP contribution in [0.3, 0.4) is 0 Å². The number of hydrogen-bond acceptors (Lipinski definition) is 6. The monoisotopic (exact) mass is 432 g/mol. The van der Waals surface area contributed by atoms with Gasteiger partial charge < -0.3 is 4.74 Å². The Morgan fingerprint density at radius 2 is 1.62 bits per heavy atom. The van der Waals surface area contributed by atoms with Crippen molar-refractivity contribution < 1.29 is 21.6 Å². The normalized spacial score (nSPS) is 11.9. The van der Waals surface area contributed by atoms with Gasteiger partial charge in [0.15, 0.2) is 9.84 Å². The number of nitrogens with zero attached hydrogens (tertiary/aromatic N) is 1. The molecule has 0 radical (unpaired) electrons. The lowest BCUT2D eigenvalue weighted by Gasteiger charge is -2.11. The molecule has 29 heavy (non-hydrogen) atoms. The number of nitrogens with one attached hydrogen (secondary N) is 1. The van der Waals surface area contributed by atoms with E-state index in [1.807, 2.05) is 18.2 Å². The average molecular weight is 433 g/mol. The second kappa shape index (κ2) is 8.73. The molecule has 1 N–H and O–H groups in total. The first-order valence-electron chi connectivity index (χ1n) is 8.66. The Labute approximate surface area is 170 Å². The van der Waals surface area contributed by atoms with E-state index in [0.717, 1.165) is 11.9 Å². The zero-order chi connectivity index (χ0) is 20.9. The molecule has 3 aromatic rings. The van der Waals surface area contributed by atoms with Crippen molar-refractivity contribution in [1.82, 2.24) is 9.71 Å². The fourth-order valence-electron chi connectivity index (χ4n) is 2.62. The summed E-state index contributed by atoms with van der Waals surface area (Å²) in [4.78, 5) is 3.67. The number of sulfonamides is 1. The van der Waals surface area contributed by atoms with Crippen LogP contribution >= 0.6 is 0 Å². The fraction of sp³-hybridized carbons (Fsp3) is 0.150. The van der Waals surface area contributed by atoms with E-state index in [1.54, 1.807) is 30.5 Å². The molecule has 0 aliphatic carbocycles. The van der Waals surface area contributed by atoms with Gasteiger partial charge in [-0.2, -0.15) is 0 Å². The summed E-state index contributed by atoms with van der Waals surface area (Å²) in [6.07, 6.45) is 2.65. The molecule has 0 saturated heterocycles. The molecule has 0 saturated carbocycles. The molecule has 0 unspecified atom stereocenters. The van der Waals surface area contributed by atoms with Crippen molar-refractivity contribution in [1.29, 1.82) is 0 Å².